The minimum Gasteiger partial charge on any atom is -0.466 e. The Morgan fingerprint density at radius 3 is 2.38 bits per heavy atom. The molecule has 1 rings (SSSR count). The molecular weight excluding hydrogens is 336 g/mol. The Bertz CT molecular complexity index is 448. The van der Waals surface area contributed by atoms with Gasteiger partial charge in [0.05, 0.1) is 13.2 Å². The first kappa shape index (κ1) is 22.1. The van der Waals surface area contributed by atoms with Crippen molar-refractivity contribution in [3.63, 3.8) is 0 Å². The van der Waals surface area contributed by atoms with Crippen LogP contribution >= 0.6 is 0 Å². The SMILES string of the molecule is CCOC(=O)CCCCCCN=C(N)NC1CCN(C(=O)OCC)CC1. The summed E-state index contributed by atoms with van der Waals surface area (Å²) in [5, 5.41) is 3.23. The molecule has 0 saturated carbocycles. The van der Waals surface area contributed by atoms with E-state index in [0.29, 0.717) is 45.2 Å². The molecule has 3 N–H and O–H groups in total. The minimum atomic E-state index is -0.240. The highest BCUT2D eigenvalue weighted by molar-refractivity contribution is 5.78. The molecule has 0 unspecified atom stereocenters. The number of piperidine rings is 1. The molecule has 1 amide bonds. The van der Waals surface area contributed by atoms with E-state index in [1.807, 2.05) is 13.8 Å². The van der Waals surface area contributed by atoms with Gasteiger partial charge in [-0.1, -0.05) is 12.8 Å². The number of amides is 1. The number of esters is 1. The van der Waals surface area contributed by atoms with Gasteiger partial charge in [-0.25, -0.2) is 4.79 Å². The van der Waals surface area contributed by atoms with Gasteiger partial charge >= 0.3 is 12.1 Å². The number of nitrogens with two attached hydrogens (primary N) is 1. The average Bonchev–Trinajstić information content (AvgIpc) is 2.62. The van der Waals surface area contributed by atoms with E-state index < -0.39 is 0 Å². The van der Waals surface area contributed by atoms with E-state index in [1.54, 1.807) is 4.90 Å². The van der Waals surface area contributed by atoms with Crippen molar-refractivity contribution in [1.29, 1.82) is 0 Å². The van der Waals surface area contributed by atoms with Crippen molar-refractivity contribution in [3.8, 4) is 0 Å². The fourth-order valence-electron chi connectivity index (χ4n) is 2.84. The second kappa shape index (κ2) is 13.2. The number of carbonyl (C=O) groups is 2. The number of ether oxygens (including phenoxy) is 2. The lowest BCUT2D eigenvalue weighted by molar-refractivity contribution is -0.143. The minimum absolute atomic E-state index is 0.118. The summed E-state index contributed by atoms with van der Waals surface area (Å²) in [6.45, 7) is 6.50. The number of aliphatic imine (C=N–C) groups is 1. The van der Waals surface area contributed by atoms with Crippen LogP contribution in [0.4, 0.5) is 4.79 Å². The first-order valence-corrected chi connectivity index (χ1v) is 9.70. The normalized spacial score (nSPS) is 15.6. The second-order valence-electron chi connectivity index (χ2n) is 6.34. The summed E-state index contributed by atoms with van der Waals surface area (Å²) in [5.74, 6) is 0.346. The monoisotopic (exact) mass is 370 g/mol. The molecule has 1 aliphatic rings. The zero-order chi connectivity index (χ0) is 19.2. The van der Waals surface area contributed by atoms with Gasteiger partial charge in [0.25, 0.3) is 0 Å². The van der Waals surface area contributed by atoms with Gasteiger partial charge in [-0.05, 0) is 39.5 Å². The van der Waals surface area contributed by atoms with E-state index >= 15 is 0 Å². The number of hydrogen-bond donors (Lipinski definition) is 2. The van der Waals surface area contributed by atoms with Gasteiger partial charge in [-0.2, -0.15) is 0 Å². The summed E-state index contributed by atoms with van der Waals surface area (Å²) in [7, 11) is 0. The maximum Gasteiger partial charge on any atom is 0.409 e. The van der Waals surface area contributed by atoms with Crippen molar-refractivity contribution < 1.29 is 19.1 Å². The Kier molecular flexibility index (Phi) is 11.2. The fourth-order valence-corrected chi connectivity index (χ4v) is 2.84. The Morgan fingerprint density at radius 1 is 1.08 bits per heavy atom. The highest BCUT2D eigenvalue weighted by Gasteiger charge is 2.23. The number of guanidine groups is 1. The highest BCUT2D eigenvalue weighted by Crippen LogP contribution is 2.11. The zero-order valence-electron chi connectivity index (χ0n) is 16.2. The topological polar surface area (TPSA) is 106 Å². The fraction of sp³-hybridized carbons (Fsp3) is 0.833. The van der Waals surface area contributed by atoms with Gasteiger partial charge in [0.1, 0.15) is 0 Å². The van der Waals surface area contributed by atoms with Crippen molar-refractivity contribution in [2.24, 2.45) is 10.7 Å². The molecule has 0 aromatic heterocycles. The largest absolute Gasteiger partial charge is 0.466 e. The molecule has 0 atom stereocenters. The van der Waals surface area contributed by atoms with E-state index in [9.17, 15) is 9.59 Å². The molecule has 0 aromatic carbocycles. The van der Waals surface area contributed by atoms with Crippen LogP contribution in [0.5, 0.6) is 0 Å². The van der Waals surface area contributed by atoms with Crippen molar-refractivity contribution in [3.05, 3.63) is 0 Å². The molecule has 0 aliphatic carbocycles. The lowest BCUT2D eigenvalue weighted by atomic mass is 10.1. The van der Waals surface area contributed by atoms with Crippen LogP contribution in [0.1, 0.15) is 58.8 Å². The number of nitrogens with zero attached hydrogens (tertiary/aromatic N) is 2. The molecule has 0 spiro atoms. The van der Waals surface area contributed by atoms with Gasteiger partial charge < -0.3 is 25.4 Å². The number of hydrogen-bond acceptors (Lipinski definition) is 5. The molecule has 8 heteroatoms. The van der Waals surface area contributed by atoms with E-state index in [2.05, 4.69) is 10.3 Å². The molecule has 1 aliphatic heterocycles. The Labute approximate surface area is 156 Å². The van der Waals surface area contributed by atoms with Gasteiger partial charge in [0.2, 0.25) is 0 Å². The Balaban J connectivity index is 2.08. The summed E-state index contributed by atoms with van der Waals surface area (Å²) in [5.41, 5.74) is 5.93. The smallest absolute Gasteiger partial charge is 0.409 e. The molecule has 1 heterocycles. The number of rotatable bonds is 10. The predicted octanol–water partition coefficient (Wildman–Crippen LogP) is 2.03. The molecular formula is C18H34N4O4. The Hall–Kier alpha value is -1.99. The number of nitrogens with one attached hydrogen (secondary N) is 1. The number of carbonyl (C=O) groups excluding carboxylic acids is 2. The predicted molar refractivity (Wildman–Crippen MR) is 101 cm³/mol. The zero-order valence-corrected chi connectivity index (χ0v) is 16.2. The van der Waals surface area contributed by atoms with E-state index in [4.69, 9.17) is 15.2 Å². The van der Waals surface area contributed by atoms with Crippen molar-refractivity contribution >= 4 is 18.0 Å². The molecule has 150 valence electrons. The molecule has 26 heavy (non-hydrogen) atoms. The van der Waals surface area contributed by atoms with Crippen molar-refractivity contribution in [1.82, 2.24) is 10.2 Å². The third-order valence-corrected chi connectivity index (χ3v) is 4.25. The van der Waals surface area contributed by atoms with E-state index in [0.717, 1.165) is 38.5 Å². The molecule has 0 bridgehead atoms. The number of likely N-dealkylation sites (tertiary alicyclic amines) is 1. The molecule has 0 aromatic rings. The summed E-state index contributed by atoms with van der Waals surface area (Å²) in [6, 6.07) is 0.244. The summed E-state index contributed by atoms with van der Waals surface area (Å²) in [4.78, 5) is 28.9. The average molecular weight is 370 g/mol. The third-order valence-electron chi connectivity index (χ3n) is 4.25. The van der Waals surface area contributed by atoms with Crippen LogP contribution in [-0.4, -0.2) is 61.8 Å². The standard InChI is InChI=1S/C18H34N4O4/c1-3-25-16(23)9-7-5-6-8-12-20-17(19)21-15-10-13-22(14-11-15)18(24)26-4-2/h15H,3-14H2,1-2H3,(H3,19,20,21). The van der Waals surface area contributed by atoms with Crippen LogP contribution in [0.3, 0.4) is 0 Å². The van der Waals surface area contributed by atoms with Crippen LogP contribution in [0.2, 0.25) is 0 Å². The molecule has 8 nitrogen and oxygen atoms in total. The summed E-state index contributed by atoms with van der Waals surface area (Å²) < 4.78 is 9.90. The molecule has 1 saturated heterocycles. The van der Waals surface area contributed by atoms with Gasteiger partial charge in [-0.3, -0.25) is 9.79 Å². The number of unbranched alkanes of at least 4 members (excludes halogenated alkanes) is 3. The Morgan fingerprint density at radius 2 is 1.73 bits per heavy atom. The summed E-state index contributed by atoms with van der Waals surface area (Å²) in [6.07, 6.45) is 5.75. The van der Waals surface area contributed by atoms with Crippen molar-refractivity contribution in [2.75, 3.05) is 32.8 Å². The van der Waals surface area contributed by atoms with Crippen LogP contribution < -0.4 is 11.1 Å². The lowest BCUT2D eigenvalue weighted by Gasteiger charge is -2.31. The first-order chi connectivity index (χ1) is 12.6. The highest BCUT2D eigenvalue weighted by atomic mass is 16.6. The van der Waals surface area contributed by atoms with Crippen LogP contribution in [0.25, 0.3) is 0 Å². The first-order valence-electron chi connectivity index (χ1n) is 9.70. The van der Waals surface area contributed by atoms with Crippen LogP contribution in [0, 0.1) is 0 Å². The summed E-state index contributed by atoms with van der Waals surface area (Å²) >= 11 is 0. The van der Waals surface area contributed by atoms with E-state index in [1.165, 1.54) is 0 Å². The van der Waals surface area contributed by atoms with Crippen LogP contribution in [-0.2, 0) is 14.3 Å². The van der Waals surface area contributed by atoms with Crippen molar-refractivity contribution in [2.45, 2.75) is 64.8 Å². The second-order valence-corrected chi connectivity index (χ2v) is 6.34. The van der Waals surface area contributed by atoms with Gasteiger partial charge in [-0.15, -0.1) is 0 Å². The van der Waals surface area contributed by atoms with Gasteiger partial charge in [0, 0.05) is 32.1 Å². The van der Waals surface area contributed by atoms with Crippen LogP contribution in [0.15, 0.2) is 4.99 Å². The quantitative estimate of drug-likeness (QED) is 0.264. The third kappa shape index (κ3) is 9.48. The molecule has 1 fully saturated rings. The van der Waals surface area contributed by atoms with Gasteiger partial charge in [0.15, 0.2) is 5.96 Å². The maximum absolute atomic E-state index is 11.7. The lowest BCUT2D eigenvalue weighted by Crippen LogP contribution is -2.48. The maximum atomic E-state index is 11.7. The molecule has 0 radical (unpaired) electrons. The van der Waals surface area contributed by atoms with E-state index in [-0.39, 0.29) is 18.1 Å².